The monoisotopic (exact) mass is 470 g/mol. The molecule has 0 radical (unpaired) electrons. The lowest BCUT2D eigenvalue weighted by Crippen LogP contribution is -2.47. The third kappa shape index (κ3) is 7.08. The van der Waals surface area contributed by atoms with Crippen molar-refractivity contribution >= 4 is 46.6 Å². The molecule has 5 nitrogen and oxygen atoms in total. The molecular formula is C22H25Cl3N2O3. The van der Waals surface area contributed by atoms with Crippen molar-refractivity contribution in [2.24, 2.45) is 0 Å². The minimum absolute atomic E-state index is 0.147. The van der Waals surface area contributed by atoms with Gasteiger partial charge in [-0.05, 0) is 56.7 Å². The molecule has 1 atom stereocenters. The lowest BCUT2D eigenvalue weighted by atomic mass is 10.1. The van der Waals surface area contributed by atoms with Gasteiger partial charge in [0.25, 0.3) is 0 Å². The van der Waals surface area contributed by atoms with Crippen molar-refractivity contribution in [1.82, 2.24) is 10.2 Å². The molecule has 2 rings (SSSR count). The third-order valence-corrected chi connectivity index (χ3v) is 5.49. The molecule has 0 saturated carbocycles. The van der Waals surface area contributed by atoms with Crippen LogP contribution in [0.15, 0.2) is 42.5 Å². The molecule has 0 unspecified atom stereocenters. The van der Waals surface area contributed by atoms with Gasteiger partial charge >= 0.3 is 0 Å². The molecule has 8 heteroatoms. The second-order valence-electron chi connectivity index (χ2n) is 6.70. The van der Waals surface area contributed by atoms with E-state index in [0.717, 1.165) is 0 Å². The zero-order chi connectivity index (χ0) is 22.1. The Labute approximate surface area is 192 Å². The maximum Gasteiger partial charge on any atom is 0.242 e. The van der Waals surface area contributed by atoms with Crippen LogP contribution >= 0.6 is 34.8 Å². The number of hydrogen-bond acceptors (Lipinski definition) is 3. The normalized spacial score (nSPS) is 11.6. The molecule has 2 aromatic rings. The van der Waals surface area contributed by atoms with Crippen LogP contribution in [-0.2, 0) is 16.1 Å². The van der Waals surface area contributed by atoms with E-state index in [1.807, 2.05) is 6.92 Å². The summed E-state index contributed by atoms with van der Waals surface area (Å²) in [7, 11) is 0. The van der Waals surface area contributed by atoms with Gasteiger partial charge in [0, 0.05) is 40.1 Å². The predicted molar refractivity (Wildman–Crippen MR) is 121 cm³/mol. The number of nitrogens with one attached hydrogen (secondary N) is 1. The van der Waals surface area contributed by atoms with Crippen molar-refractivity contribution in [2.75, 3.05) is 13.2 Å². The van der Waals surface area contributed by atoms with Crippen molar-refractivity contribution < 1.29 is 14.3 Å². The smallest absolute Gasteiger partial charge is 0.242 e. The minimum atomic E-state index is -0.665. The van der Waals surface area contributed by atoms with E-state index in [9.17, 15) is 9.59 Å². The summed E-state index contributed by atoms with van der Waals surface area (Å²) in [6.07, 6.45) is 0.718. The van der Waals surface area contributed by atoms with Crippen LogP contribution < -0.4 is 10.1 Å². The zero-order valence-corrected chi connectivity index (χ0v) is 19.2. The van der Waals surface area contributed by atoms with Crippen LogP contribution in [0.25, 0.3) is 0 Å². The molecule has 0 aliphatic carbocycles. The minimum Gasteiger partial charge on any atom is -0.494 e. The van der Waals surface area contributed by atoms with Gasteiger partial charge in [0.15, 0.2) is 0 Å². The van der Waals surface area contributed by atoms with Crippen molar-refractivity contribution in [3.05, 3.63) is 63.1 Å². The first-order chi connectivity index (χ1) is 14.3. The summed E-state index contributed by atoms with van der Waals surface area (Å²) in [6.45, 7) is 4.51. The Kier molecular flexibility index (Phi) is 9.76. The van der Waals surface area contributed by atoms with Gasteiger partial charge in [-0.2, -0.15) is 0 Å². The second-order valence-corrected chi connectivity index (χ2v) is 7.95. The number of amides is 2. The fourth-order valence-corrected chi connectivity index (χ4v) is 3.49. The number of rotatable bonds is 10. The summed E-state index contributed by atoms with van der Waals surface area (Å²) in [5.41, 5.74) is 0.614. The summed E-state index contributed by atoms with van der Waals surface area (Å²) in [4.78, 5) is 26.8. The average Bonchev–Trinajstić information content (AvgIpc) is 2.72. The highest BCUT2D eigenvalue weighted by Gasteiger charge is 2.26. The molecule has 0 bridgehead atoms. The number of carbonyl (C=O) groups excluding carboxylic acids is 2. The van der Waals surface area contributed by atoms with E-state index in [2.05, 4.69) is 5.32 Å². The van der Waals surface area contributed by atoms with Gasteiger partial charge in [0.05, 0.1) is 6.61 Å². The highest BCUT2D eigenvalue weighted by atomic mass is 35.5. The van der Waals surface area contributed by atoms with Gasteiger partial charge in [-0.25, -0.2) is 0 Å². The molecule has 2 amide bonds. The lowest BCUT2D eigenvalue weighted by molar-refractivity contribution is -0.140. The molecule has 0 spiro atoms. The van der Waals surface area contributed by atoms with E-state index < -0.39 is 6.04 Å². The lowest BCUT2D eigenvalue weighted by Gasteiger charge is -2.29. The van der Waals surface area contributed by atoms with Crippen molar-refractivity contribution in [3.8, 4) is 5.75 Å². The van der Waals surface area contributed by atoms with Crippen LogP contribution in [0.4, 0.5) is 0 Å². The van der Waals surface area contributed by atoms with Crippen LogP contribution in [0.1, 0.15) is 32.3 Å². The molecule has 0 saturated heterocycles. The number of halogens is 3. The predicted octanol–water partition coefficient (Wildman–Crippen LogP) is 5.36. The summed E-state index contributed by atoms with van der Waals surface area (Å²) in [6, 6.07) is 11.5. The van der Waals surface area contributed by atoms with Gasteiger partial charge in [-0.1, -0.05) is 40.9 Å². The molecule has 0 aromatic heterocycles. The number of nitrogens with zero attached hydrogens (tertiary/aromatic N) is 1. The SMILES string of the molecule is CCNC(=O)[C@@H](C)N(Cc1c(Cl)cccc1Cl)C(=O)CCCOc1ccc(Cl)cc1. The molecule has 0 aliphatic heterocycles. The quantitative estimate of drug-likeness (QED) is 0.475. The van der Waals surface area contributed by atoms with E-state index >= 15 is 0 Å². The van der Waals surface area contributed by atoms with Crippen molar-refractivity contribution in [3.63, 3.8) is 0 Å². The molecular weight excluding hydrogens is 447 g/mol. The Bertz CT molecular complexity index is 839. The number of hydrogen-bond donors (Lipinski definition) is 1. The molecule has 162 valence electrons. The second kappa shape index (κ2) is 12.0. The van der Waals surface area contributed by atoms with Gasteiger partial charge < -0.3 is 15.0 Å². The molecule has 30 heavy (non-hydrogen) atoms. The Balaban J connectivity index is 2.04. The Morgan fingerprint density at radius 3 is 2.30 bits per heavy atom. The first-order valence-corrected chi connectivity index (χ1v) is 10.8. The Morgan fingerprint density at radius 2 is 1.70 bits per heavy atom. The molecule has 1 N–H and O–H groups in total. The zero-order valence-electron chi connectivity index (χ0n) is 17.0. The van der Waals surface area contributed by atoms with Gasteiger partial charge in [0.1, 0.15) is 11.8 Å². The van der Waals surface area contributed by atoms with Gasteiger partial charge in [0.2, 0.25) is 11.8 Å². The molecule has 0 aliphatic rings. The summed E-state index contributed by atoms with van der Waals surface area (Å²) in [5.74, 6) is 0.276. The summed E-state index contributed by atoms with van der Waals surface area (Å²) in [5, 5.41) is 4.29. The van der Waals surface area contributed by atoms with Crippen LogP contribution in [0.5, 0.6) is 5.75 Å². The van der Waals surface area contributed by atoms with E-state index in [1.54, 1.807) is 49.4 Å². The van der Waals surface area contributed by atoms with Crippen molar-refractivity contribution in [2.45, 2.75) is 39.3 Å². The first kappa shape index (κ1) is 24.3. The number of likely N-dealkylation sites (N-methyl/N-ethyl adjacent to an activating group) is 1. The van der Waals surface area contributed by atoms with Crippen LogP contribution in [0, 0.1) is 0 Å². The highest BCUT2D eigenvalue weighted by molar-refractivity contribution is 6.36. The topological polar surface area (TPSA) is 58.6 Å². The van der Waals surface area contributed by atoms with Crippen LogP contribution in [0.2, 0.25) is 15.1 Å². The molecule has 0 heterocycles. The number of carbonyl (C=O) groups is 2. The Hall–Kier alpha value is -1.95. The fourth-order valence-electron chi connectivity index (χ4n) is 2.85. The van der Waals surface area contributed by atoms with Gasteiger partial charge in [-0.15, -0.1) is 0 Å². The van der Waals surface area contributed by atoms with E-state index in [1.165, 1.54) is 4.90 Å². The maximum absolute atomic E-state index is 13.0. The van der Waals surface area contributed by atoms with Crippen LogP contribution in [0.3, 0.4) is 0 Å². The van der Waals surface area contributed by atoms with E-state index in [4.69, 9.17) is 39.5 Å². The summed E-state index contributed by atoms with van der Waals surface area (Å²) < 4.78 is 5.64. The summed E-state index contributed by atoms with van der Waals surface area (Å²) >= 11 is 18.4. The van der Waals surface area contributed by atoms with Crippen molar-refractivity contribution in [1.29, 1.82) is 0 Å². The fraction of sp³-hybridized carbons (Fsp3) is 0.364. The number of ether oxygens (including phenoxy) is 1. The van der Waals surface area contributed by atoms with Gasteiger partial charge in [-0.3, -0.25) is 9.59 Å². The largest absolute Gasteiger partial charge is 0.494 e. The maximum atomic E-state index is 13.0. The average molecular weight is 472 g/mol. The van der Waals surface area contributed by atoms with Crippen LogP contribution in [-0.4, -0.2) is 35.9 Å². The first-order valence-electron chi connectivity index (χ1n) is 9.72. The molecule has 0 fully saturated rings. The highest BCUT2D eigenvalue weighted by Crippen LogP contribution is 2.27. The van der Waals surface area contributed by atoms with E-state index in [0.29, 0.717) is 46.0 Å². The molecule has 2 aromatic carbocycles. The number of benzene rings is 2. The standard InChI is InChI=1S/C22H25Cl3N2O3/c1-3-26-22(29)15(2)27(14-18-19(24)6-4-7-20(18)25)21(28)8-5-13-30-17-11-9-16(23)10-12-17/h4,6-7,9-12,15H,3,5,8,13-14H2,1-2H3,(H,26,29)/t15-/m1/s1. The van der Waals surface area contributed by atoms with E-state index in [-0.39, 0.29) is 24.8 Å². The third-order valence-electron chi connectivity index (χ3n) is 4.53. The Morgan fingerprint density at radius 1 is 1.07 bits per heavy atom.